The van der Waals surface area contributed by atoms with Gasteiger partial charge in [-0.1, -0.05) is 0 Å². The number of rotatable bonds is 13. The molecule has 6 rings (SSSR count). The third-order valence-electron chi connectivity index (χ3n) is 11.0. The van der Waals surface area contributed by atoms with Crippen molar-refractivity contribution in [1.29, 1.82) is 0 Å². The molecule has 60 heavy (non-hydrogen) atoms. The highest BCUT2D eigenvalue weighted by Crippen LogP contribution is 2.42. The molecule has 0 aliphatic carbocycles. The fraction of sp³-hybridized carbons (Fsp3) is 0.882. The van der Waals surface area contributed by atoms with Gasteiger partial charge in [0.1, 0.15) is 85.3 Å². The second-order valence-electron chi connectivity index (χ2n) is 16.4. The summed E-state index contributed by atoms with van der Waals surface area (Å²) in [7, 11) is -4.73. The van der Waals surface area contributed by atoms with E-state index >= 15 is 0 Å². The second-order valence-corrected chi connectivity index (χ2v) is 22.9. The summed E-state index contributed by atoms with van der Waals surface area (Å²) in [5.74, 6) is -4.23. The number of nitrogens with one attached hydrogen (secondary N) is 2. The highest BCUT2D eigenvalue weighted by molar-refractivity contribution is 6.65. The smallest absolute Gasteiger partial charge is 0.335 e. The van der Waals surface area contributed by atoms with Gasteiger partial charge in [-0.2, -0.15) is 0 Å². The summed E-state index contributed by atoms with van der Waals surface area (Å²) < 4.78 is 73.0. The average Bonchev–Trinajstić information content (AvgIpc) is 3.67. The number of hydrogen-bond donors (Lipinski definition) is 8. The van der Waals surface area contributed by atoms with Crippen molar-refractivity contribution in [2.75, 3.05) is 20.3 Å². The molecule has 0 bridgehead atoms. The number of aliphatic hydroxyl groups excluding tert-OH is 4. The van der Waals surface area contributed by atoms with Crippen LogP contribution in [0.4, 0.5) is 0 Å². The molecule has 0 radical (unpaired) electrons. The van der Waals surface area contributed by atoms with Gasteiger partial charge in [0, 0.05) is 21.0 Å². The number of hydrogen-bond acceptors (Lipinski definition) is 20. The fourth-order valence-corrected chi connectivity index (χ4v) is 12.4. The third-order valence-corrected chi connectivity index (χ3v) is 14.4. The molecule has 0 saturated carbocycles. The Balaban J connectivity index is 1.32. The number of ether oxygens (including phenoxy) is 8. The Morgan fingerprint density at radius 1 is 0.583 bits per heavy atom. The monoisotopic (exact) mass is 900 g/mol. The molecule has 0 aromatic heterocycles. The van der Waals surface area contributed by atoms with E-state index in [4.69, 9.17) is 55.6 Å². The van der Waals surface area contributed by atoms with Gasteiger partial charge in [0.25, 0.3) is 0 Å². The number of carbonyl (C=O) groups excluding carboxylic acids is 2. The van der Waals surface area contributed by atoms with Gasteiger partial charge >= 0.3 is 29.1 Å². The maximum absolute atomic E-state index is 13.0. The van der Waals surface area contributed by atoms with E-state index in [2.05, 4.69) is 10.6 Å². The molecule has 24 nitrogen and oxygen atoms in total. The van der Waals surface area contributed by atoms with E-state index in [0.29, 0.717) is 0 Å². The summed E-state index contributed by atoms with van der Waals surface area (Å²) >= 11 is 0. The Bertz CT molecular complexity index is 1580. The lowest BCUT2D eigenvalue weighted by Gasteiger charge is -2.50. The van der Waals surface area contributed by atoms with E-state index in [-0.39, 0.29) is 0 Å². The van der Waals surface area contributed by atoms with Gasteiger partial charge in [-0.05, 0) is 33.1 Å². The number of carboxylic acids is 2. The number of methoxy groups -OCH3 is 1. The summed E-state index contributed by atoms with van der Waals surface area (Å²) in [5, 5.41) is 68.8. The van der Waals surface area contributed by atoms with Crippen molar-refractivity contribution in [2.24, 2.45) is 0 Å². The zero-order chi connectivity index (χ0) is 44.2. The van der Waals surface area contributed by atoms with Crippen LogP contribution in [0.25, 0.3) is 0 Å². The maximum atomic E-state index is 13.0. The lowest BCUT2D eigenvalue weighted by Crippen LogP contribution is -2.70. The van der Waals surface area contributed by atoms with Crippen molar-refractivity contribution in [2.45, 2.75) is 169 Å². The molecular formula is C34H56N2O22Si2. The van der Waals surface area contributed by atoms with Crippen molar-refractivity contribution in [3.63, 3.8) is 0 Å². The van der Waals surface area contributed by atoms with E-state index in [1.807, 2.05) is 0 Å². The van der Waals surface area contributed by atoms with Gasteiger partial charge < -0.3 is 96.9 Å². The number of carbonyl (C=O) groups is 4. The zero-order valence-corrected chi connectivity index (χ0v) is 36.2. The van der Waals surface area contributed by atoms with Crippen LogP contribution in [0.15, 0.2) is 0 Å². The van der Waals surface area contributed by atoms with E-state index in [9.17, 15) is 49.8 Å². The van der Waals surface area contributed by atoms with Crippen molar-refractivity contribution >= 4 is 40.9 Å². The lowest BCUT2D eigenvalue weighted by atomic mass is 9.93. The van der Waals surface area contributed by atoms with Crippen LogP contribution in [0.1, 0.15) is 20.8 Å². The Morgan fingerprint density at radius 3 is 1.43 bits per heavy atom. The van der Waals surface area contributed by atoms with Crippen LogP contribution in [0.2, 0.25) is 26.2 Å². The largest absolute Gasteiger partial charge is 0.479 e. The first-order chi connectivity index (χ1) is 28.1. The number of aliphatic hydroxyl groups is 4. The predicted octanol–water partition coefficient (Wildman–Crippen LogP) is -4.02. The molecular weight excluding hydrogens is 845 g/mol. The Morgan fingerprint density at radius 2 is 0.983 bits per heavy atom. The Labute approximate surface area is 346 Å². The summed E-state index contributed by atoms with van der Waals surface area (Å²) in [4.78, 5) is 50.6. The molecule has 6 aliphatic heterocycles. The van der Waals surface area contributed by atoms with Crippen molar-refractivity contribution in [3.05, 3.63) is 0 Å². The van der Waals surface area contributed by atoms with Crippen LogP contribution >= 0.6 is 0 Å². The van der Waals surface area contributed by atoms with Crippen LogP contribution in [0.3, 0.4) is 0 Å². The molecule has 0 aromatic carbocycles. The summed E-state index contributed by atoms with van der Waals surface area (Å²) in [5.41, 5.74) is 0. The van der Waals surface area contributed by atoms with Crippen LogP contribution in [0, 0.1) is 0 Å². The lowest BCUT2D eigenvalue weighted by molar-refractivity contribution is -0.355. The molecule has 26 heteroatoms. The van der Waals surface area contributed by atoms with Gasteiger partial charge in [-0.3, -0.25) is 9.59 Å². The molecule has 20 unspecified atom stereocenters. The van der Waals surface area contributed by atoms with Crippen molar-refractivity contribution in [1.82, 2.24) is 10.6 Å². The molecule has 6 saturated heterocycles. The normalized spacial score (nSPS) is 45.9. The molecule has 20 atom stereocenters. The van der Waals surface area contributed by atoms with Crippen LogP contribution in [-0.2, 0) is 74.8 Å². The molecule has 6 fully saturated rings. The van der Waals surface area contributed by atoms with Crippen molar-refractivity contribution in [3.8, 4) is 0 Å². The first-order valence-electron chi connectivity index (χ1n) is 19.5. The standard InChI is InChI=1S/C34H56N2O22Si2/c1-11-20-25(56-59(5,6)55-20)23(27(48-11)30(43)44)52-33-17(36-13(3)40)22(19(42)15(10-38)50-33)51-34-29-26(57-60(7,8)58-29)24(28(54-34)31(45)46)53-32-16(35-12(2)39)21(47-4)18(41)14(9-37)49-32/h11,14-29,32-34,37-38,41-42H,9-10H2,1-8H3,(H,35,39)(H,36,40)(H,43,44)(H,45,46). The van der Waals surface area contributed by atoms with Gasteiger partial charge in [0.15, 0.2) is 31.1 Å². The maximum Gasteiger partial charge on any atom is 0.335 e. The number of fused-ring (bicyclic) bond motifs is 2. The van der Waals surface area contributed by atoms with Crippen LogP contribution in [-0.4, -0.2) is 214 Å². The minimum atomic E-state index is -3.18. The fourth-order valence-electron chi connectivity index (χ4n) is 8.60. The summed E-state index contributed by atoms with van der Waals surface area (Å²) in [6.45, 7) is 9.27. The zero-order valence-electron chi connectivity index (χ0n) is 34.2. The molecule has 8 N–H and O–H groups in total. The second kappa shape index (κ2) is 18.4. The van der Waals surface area contributed by atoms with E-state index in [0.717, 1.165) is 6.92 Å². The van der Waals surface area contributed by atoms with Gasteiger partial charge in [-0.15, -0.1) is 0 Å². The predicted molar refractivity (Wildman–Crippen MR) is 197 cm³/mol. The topological polar surface area (TPSA) is 324 Å². The molecule has 0 aromatic rings. The highest BCUT2D eigenvalue weighted by Gasteiger charge is 2.63. The van der Waals surface area contributed by atoms with Crippen molar-refractivity contribution < 1.29 is 105 Å². The minimum Gasteiger partial charge on any atom is -0.479 e. The van der Waals surface area contributed by atoms with Gasteiger partial charge in [0.2, 0.25) is 11.8 Å². The van der Waals surface area contributed by atoms with E-state index < -0.39 is 177 Å². The number of carboxylic acid groups (broad SMARTS) is 2. The third kappa shape index (κ3) is 9.60. The highest BCUT2D eigenvalue weighted by atomic mass is 28.4. The minimum absolute atomic E-state index is 0.574. The Kier molecular flexibility index (Phi) is 14.5. The van der Waals surface area contributed by atoms with Gasteiger partial charge in [-0.25, -0.2) is 9.59 Å². The quantitative estimate of drug-likeness (QED) is 0.0816. The first-order valence-corrected chi connectivity index (χ1v) is 25.1. The van der Waals surface area contributed by atoms with Crippen LogP contribution < -0.4 is 10.6 Å². The summed E-state index contributed by atoms with van der Waals surface area (Å²) in [6.07, 6.45) is -25.3. The number of amides is 2. The Hall–Kier alpha value is -2.33. The molecule has 2 amide bonds. The van der Waals surface area contributed by atoms with Gasteiger partial charge in [0.05, 0.1) is 19.3 Å². The first kappa shape index (κ1) is 47.2. The number of aliphatic carboxylic acids is 2. The van der Waals surface area contributed by atoms with E-state index in [1.54, 1.807) is 33.1 Å². The van der Waals surface area contributed by atoms with E-state index in [1.165, 1.54) is 14.0 Å². The SMILES string of the molecule is COC1C(O)C(CO)OC(OC2C(C(=O)O)OC(OC3C(O)C(CO)OC(OC4C(C(=O)O)OC(C)C5O[Si](C)(C)OC54)C3NC(C)=O)C3O[Si](C)(C)OC32)C1NC(C)=O. The molecule has 0 spiro atoms. The molecule has 342 valence electrons. The summed E-state index contributed by atoms with van der Waals surface area (Å²) in [6, 6.07) is -2.72. The molecule has 6 aliphatic rings. The van der Waals surface area contributed by atoms with Crippen LogP contribution in [0.5, 0.6) is 0 Å². The molecule has 6 heterocycles. The average molecular weight is 901 g/mol.